The van der Waals surface area contributed by atoms with Gasteiger partial charge in [0.05, 0.1) is 12.3 Å². The van der Waals surface area contributed by atoms with E-state index >= 15 is 0 Å². The van der Waals surface area contributed by atoms with Gasteiger partial charge in [0.2, 0.25) is 0 Å². The van der Waals surface area contributed by atoms with Crippen LogP contribution in [0.2, 0.25) is 0 Å². The van der Waals surface area contributed by atoms with Gasteiger partial charge in [-0.15, -0.1) is 0 Å². The number of nitrogens with zero attached hydrogens (tertiary/aromatic N) is 3. The van der Waals surface area contributed by atoms with Crippen molar-refractivity contribution in [2.24, 2.45) is 11.3 Å². The molecule has 0 saturated carbocycles. The molecule has 0 bridgehead atoms. The molecule has 2 aliphatic heterocycles. The first-order chi connectivity index (χ1) is 10.6. The van der Waals surface area contributed by atoms with E-state index in [1.54, 1.807) is 0 Å². The molecule has 3 heterocycles. The molecule has 1 spiro atoms. The second-order valence-electron chi connectivity index (χ2n) is 7.26. The summed E-state index contributed by atoms with van der Waals surface area (Å²) in [6, 6.07) is 6.33. The van der Waals surface area contributed by atoms with Gasteiger partial charge in [-0.25, -0.2) is 0 Å². The lowest BCUT2D eigenvalue weighted by molar-refractivity contribution is 0.0350. The summed E-state index contributed by atoms with van der Waals surface area (Å²) in [5, 5.41) is 0. The molecule has 4 heteroatoms. The number of methoxy groups -OCH3 is 1. The third-order valence-corrected chi connectivity index (χ3v) is 5.53. The molecule has 1 aromatic rings. The van der Waals surface area contributed by atoms with Gasteiger partial charge in [0.1, 0.15) is 0 Å². The Morgan fingerprint density at radius 2 is 2.09 bits per heavy atom. The highest BCUT2D eigenvalue weighted by Gasteiger charge is 2.46. The number of hydrogen-bond acceptors (Lipinski definition) is 4. The fourth-order valence-electron chi connectivity index (χ4n) is 4.37. The summed E-state index contributed by atoms with van der Waals surface area (Å²) in [7, 11) is 4.09. The van der Waals surface area contributed by atoms with E-state index in [1.807, 2.05) is 7.11 Å². The van der Waals surface area contributed by atoms with E-state index in [1.165, 1.54) is 44.7 Å². The molecule has 0 radical (unpaired) electrons. The van der Waals surface area contributed by atoms with Crippen molar-refractivity contribution in [2.45, 2.75) is 26.3 Å². The largest absolute Gasteiger partial charge is 0.384 e. The SMILES string of the molecule is COC[C@H]1CN(C)CC12CCN(Cc1cccc(C)n1)CC2. The third kappa shape index (κ3) is 3.34. The van der Waals surface area contributed by atoms with Gasteiger partial charge >= 0.3 is 0 Å². The Kier molecular flexibility index (Phi) is 4.81. The molecule has 122 valence electrons. The highest BCUT2D eigenvalue weighted by molar-refractivity contribution is 5.10. The van der Waals surface area contributed by atoms with E-state index in [2.05, 4.69) is 47.0 Å². The van der Waals surface area contributed by atoms with Crippen molar-refractivity contribution in [3.63, 3.8) is 0 Å². The minimum Gasteiger partial charge on any atom is -0.384 e. The molecular formula is C18H29N3O. The summed E-state index contributed by atoms with van der Waals surface area (Å²) in [6.07, 6.45) is 2.58. The first-order valence-electron chi connectivity index (χ1n) is 8.44. The summed E-state index contributed by atoms with van der Waals surface area (Å²) >= 11 is 0. The quantitative estimate of drug-likeness (QED) is 0.852. The fourth-order valence-corrected chi connectivity index (χ4v) is 4.37. The molecule has 0 amide bonds. The summed E-state index contributed by atoms with van der Waals surface area (Å²) in [4.78, 5) is 9.70. The minimum absolute atomic E-state index is 0.474. The maximum absolute atomic E-state index is 5.49. The van der Waals surface area contributed by atoms with Crippen LogP contribution in [0, 0.1) is 18.3 Å². The Bertz CT molecular complexity index is 497. The van der Waals surface area contributed by atoms with Crippen LogP contribution in [0.5, 0.6) is 0 Å². The van der Waals surface area contributed by atoms with Gasteiger partial charge in [0, 0.05) is 38.4 Å². The summed E-state index contributed by atoms with van der Waals surface area (Å²) in [6.45, 7) is 8.75. The predicted octanol–water partition coefficient (Wildman–Crippen LogP) is 2.18. The molecule has 22 heavy (non-hydrogen) atoms. The predicted molar refractivity (Wildman–Crippen MR) is 88.8 cm³/mol. The lowest BCUT2D eigenvalue weighted by Crippen LogP contribution is -2.44. The molecule has 3 rings (SSSR count). The maximum atomic E-state index is 5.49. The highest BCUT2D eigenvalue weighted by atomic mass is 16.5. The molecule has 1 aromatic heterocycles. The number of ether oxygens (including phenoxy) is 1. The zero-order valence-electron chi connectivity index (χ0n) is 14.2. The zero-order chi connectivity index (χ0) is 15.6. The van der Waals surface area contributed by atoms with Crippen molar-refractivity contribution in [1.82, 2.24) is 14.8 Å². The Hall–Kier alpha value is -0.970. The normalized spacial score (nSPS) is 25.9. The zero-order valence-corrected chi connectivity index (χ0v) is 14.2. The van der Waals surface area contributed by atoms with Crippen LogP contribution in [0.15, 0.2) is 18.2 Å². The summed E-state index contributed by atoms with van der Waals surface area (Å²) < 4.78 is 5.49. The first kappa shape index (κ1) is 15.9. The van der Waals surface area contributed by atoms with E-state index in [0.29, 0.717) is 11.3 Å². The van der Waals surface area contributed by atoms with Crippen molar-refractivity contribution >= 4 is 0 Å². The van der Waals surface area contributed by atoms with E-state index in [-0.39, 0.29) is 0 Å². The van der Waals surface area contributed by atoms with Gasteiger partial charge in [-0.3, -0.25) is 9.88 Å². The lowest BCUT2D eigenvalue weighted by Gasteiger charge is -2.42. The van der Waals surface area contributed by atoms with Gasteiger partial charge in [-0.1, -0.05) is 6.07 Å². The van der Waals surface area contributed by atoms with Crippen molar-refractivity contribution in [1.29, 1.82) is 0 Å². The third-order valence-electron chi connectivity index (χ3n) is 5.53. The standard InChI is InChI=1S/C18H29N3O/c1-15-5-4-6-17(19-15)12-21-9-7-18(8-10-21)14-20(2)11-16(18)13-22-3/h4-6,16H,7-14H2,1-3H3/t16-/m1/s1. The van der Waals surface area contributed by atoms with Crippen LogP contribution in [0.25, 0.3) is 0 Å². The number of piperidine rings is 1. The molecule has 2 aliphatic rings. The van der Waals surface area contributed by atoms with Crippen molar-refractivity contribution in [2.75, 3.05) is 46.9 Å². The Morgan fingerprint density at radius 1 is 1.32 bits per heavy atom. The highest BCUT2D eigenvalue weighted by Crippen LogP contribution is 2.44. The van der Waals surface area contributed by atoms with Gasteiger partial charge in [-0.05, 0) is 57.5 Å². The summed E-state index contributed by atoms with van der Waals surface area (Å²) in [5.74, 6) is 0.696. The molecule has 0 unspecified atom stereocenters. The lowest BCUT2D eigenvalue weighted by atomic mass is 9.71. The summed E-state index contributed by atoms with van der Waals surface area (Å²) in [5.41, 5.74) is 2.79. The van der Waals surface area contributed by atoms with Crippen molar-refractivity contribution in [3.8, 4) is 0 Å². The Labute approximate surface area is 134 Å². The van der Waals surface area contributed by atoms with Crippen LogP contribution < -0.4 is 0 Å². The molecule has 2 saturated heterocycles. The van der Waals surface area contributed by atoms with Crippen molar-refractivity contribution in [3.05, 3.63) is 29.6 Å². The van der Waals surface area contributed by atoms with E-state index in [4.69, 9.17) is 4.74 Å². The number of likely N-dealkylation sites (tertiary alicyclic amines) is 2. The van der Waals surface area contributed by atoms with Gasteiger partial charge in [-0.2, -0.15) is 0 Å². The topological polar surface area (TPSA) is 28.6 Å². The van der Waals surface area contributed by atoms with Crippen LogP contribution in [0.3, 0.4) is 0 Å². The fraction of sp³-hybridized carbons (Fsp3) is 0.722. The molecule has 0 aliphatic carbocycles. The first-order valence-corrected chi connectivity index (χ1v) is 8.44. The molecule has 1 atom stereocenters. The monoisotopic (exact) mass is 303 g/mol. The van der Waals surface area contributed by atoms with Gasteiger partial charge in [0.25, 0.3) is 0 Å². The number of pyridine rings is 1. The van der Waals surface area contributed by atoms with E-state index in [0.717, 1.165) is 18.8 Å². The van der Waals surface area contributed by atoms with Crippen molar-refractivity contribution < 1.29 is 4.74 Å². The molecule has 0 N–H and O–H groups in total. The molecule has 0 aromatic carbocycles. The number of aromatic nitrogens is 1. The van der Waals surface area contributed by atoms with Crippen LogP contribution in [-0.2, 0) is 11.3 Å². The average molecular weight is 303 g/mol. The second-order valence-corrected chi connectivity index (χ2v) is 7.26. The van der Waals surface area contributed by atoms with Crippen LogP contribution in [0.4, 0.5) is 0 Å². The molecule has 2 fully saturated rings. The maximum Gasteiger partial charge on any atom is 0.0547 e. The van der Waals surface area contributed by atoms with Gasteiger partial charge < -0.3 is 9.64 Å². The van der Waals surface area contributed by atoms with E-state index in [9.17, 15) is 0 Å². The number of hydrogen-bond donors (Lipinski definition) is 0. The average Bonchev–Trinajstić information content (AvgIpc) is 2.78. The van der Waals surface area contributed by atoms with Gasteiger partial charge in [0.15, 0.2) is 0 Å². The molecule has 4 nitrogen and oxygen atoms in total. The number of rotatable bonds is 4. The van der Waals surface area contributed by atoms with Crippen LogP contribution in [0.1, 0.15) is 24.2 Å². The molecular weight excluding hydrogens is 274 g/mol. The van der Waals surface area contributed by atoms with Crippen LogP contribution >= 0.6 is 0 Å². The Morgan fingerprint density at radius 3 is 2.77 bits per heavy atom. The smallest absolute Gasteiger partial charge is 0.0547 e. The number of aryl methyl sites for hydroxylation is 1. The van der Waals surface area contributed by atoms with Crippen LogP contribution in [-0.4, -0.2) is 61.7 Å². The van der Waals surface area contributed by atoms with E-state index < -0.39 is 0 Å². The Balaban J connectivity index is 1.60. The minimum atomic E-state index is 0.474. The second kappa shape index (κ2) is 6.65.